The zero-order valence-electron chi connectivity index (χ0n) is 9.84. The van der Waals surface area contributed by atoms with E-state index in [1.807, 2.05) is 17.9 Å². The summed E-state index contributed by atoms with van der Waals surface area (Å²) in [6.45, 7) is 7.90. The third-order valence-corrected chi connectivity index (χ3v) is 3.44. The fourth-order valence-corrected chi connectivity index (χ4v) is 2.59. The quantitative estimate of drug-likeness (QED) is 0.794. The van der Waals surface area contributed by atoms with Crippen molar-refractivity contribution < 1.29 is 9.21 Å². The molecule has 0 bridgehead atoms. The smallest absolute Gasteiger partial charge is 0.289 e. The number of hydrogen-bond acceptors (Lipinski definition) is 2. The first kappa shape index (κ1) is 11.7. The monoisotopic (exact) mass is 285 g/mol. The maximum Gasteiger partial charge on any atom is 0.289 e. The summed E-state index contributed by atoms with van der Waals surface area (Å²) in [5.74, 6) is 0.471. The first-order chi connectivity index (χ1) is 7.39. The van der Waals surface area contributed by atoms with E-state index in [9.17, 15) is 4.79 Å². The minimum atomic E-state index is 0.00813. The van der Waals surface area contributed by atoms with Crippen molar-refractivity contribution in [1.29, 1.82) is 0 Å². The molecule has 0 aromatic carbocycles. The number of carbonyl (C=O) groups excluding carboxylic acids is 1. The van der Waals surface area contributed by atoms with Gasteiger partial charge in [-0.1, -0.05) is 13.8 Å². The molecule has 0 N–H and O–H groups in total. The van der Waals surface area contributed by atoms with Gasteiger partial charge in [-0.05, 0) is 40.8 Å². The number of aryl methyl sites for hydroxylation is 1. The molecular weight excluding hydrogens is 270 g/mol. The van der Waals surface area contributed by atoms with Crippen molar-refractivity contribution in [3.05, 3.63) is 22.1 Å². The Morgan fingerprint density at radius 2 is 2.25 bits per heavy atom. The number of amides is 1. The van der Waals surface area contributed by atoms with Crippen LogP contribution in [-0.4, -0.2) is 23.9 Å². The van der Waals surface area contributed by atoms with Gasteiger partial charge in [0.05, 0.1) is 0 Å². The van der Waals surface area contributed by atoms with E-state index < -0.39 is 0 Å². The molecule has 0 radical (unpaired) electrons. The number of halogens is 1. The predicted molar refractivity (Wildman–Crippen MR) is 65.4 cm³/mol. The molecule has 3 nitrogen and oxygen atoms in total. The third kappa shape index (κ3) is 2.17. The summed E-state index contributed by atoms with van der Waals surface area (Å²) in [7, 11) is 0. The molecule has 1 saturated heterocycles. The molecule has 0 saturated carbocycles. The molecule has 0 aliphatic carbocycles. The van der Waals surface area contributed by atoms with Gasteiger partial charge in [0, 0.05) is 18.7 Å². The largest absolute Gasteiger partial charge is 0.444 e. The second kappa shape index (κ2) is 3.91. The highest BCUT2D eigenvalue weighted by atomic mass is 79.9. The Bertz CT molecular complexity index is 423. The van der Waals surface area contributed by atoms with Crippen molar-refractivity contribution in [2.45, 2.75) is 27.2 Å². The van der Waals surface area contributed by atoms with Crippen molar-refractivity contribution >= 4 is 21.8 Å². The van der Waals surface area contributed by atoms with Crippen LogP contribution in [-0.2, 0) is 0 Å². The summed E-state index contributed by atoms with van der Waals surface area (Å²) in [6, 6.07) is 1.83. The van der Waals surface area contributed by atoms with Gasteiger partial charge >= 0.3 is 0 Å². The molecule has 0 spiro atoms. The van der Waals surface area contributed by atoms with Gasteiger partial charge in [-0.3, -0.25) is 4.79 Å². The second-order valence-electron chi connectivity index (χ2n) is 5.20. The van der Waals surface area contributed by atoms with E-state index >= 15 is 0 Å². The van der Waals surface area contributed by atoms with Gasteiger partial charge in [0.25, 0.3) is 5.91 Å². The van der Waals surface area contributed by atoms with Crippen molar-refractivity contribution in [1.82, 2.24) is 4.90 Å². The van der Waals surface area contributed by atoms with Crippen LogP contribution in [0.2, 0.25) is 0 Å². The molecule has 1 aromatic heterocycles. The average molecular weight is 286 g/mol. The van der Waals surface area contributed by atoms with Gasteiger partial charge in [-0.25, -0.2) is 0 Å². The lowest BCUT2D eigenvalue weighted by Crippen LogP contribution is -2.30. The Labute approximate surface area is 104 Å². The molecule has 0 atom stereocenters. The molecule has 1 fully saturated rings. The minimum absolute atomic E-state index is 0.00813. The Balaban J connectivity index is 2.18. The van der Waals surface area contributed by atoms with E-state index in [1.54, 1.807) is 0 Å². The highest BCUT2D eigenvalue weighted by Gasteiger charge is 2.34. The summed E-state index contributed by atoms with van der Waals surface area (Å²) in [6.07, 6.45) is 1.06. The second-order valence-corrected chi connectivity index (χ2v) is 5.99. The maximum absolute atomic E-state index is 12.2. The zero-order valence-corrected chi connectivity index (χ0v) is 11.4. The zero-order chi connectivity index (χ0) is 11.9. The molecule has 1 aromatic rings. The highest BCUT2D eigenvalue weighted by molar-refractivity contribution is 9.10. The molecule has 1 aliphatic heterocycles. The Kier molecular flexibility index (Phi) is 2.86. The average Bonchev–Trinajstić information content (AvgIpc) is 2.68. The van der Waals surface area contributed by atoms with E-state index in [0.29, 0.717) is 10.4 Å². The lowest BCUT2D eigenvalue weighted by atomic mass is 9.93. The fraction of sp³-hybridized carbons (Fsp3) is 0.583. The molecule has 4 heteroatoms. The van der Waals surface area contributed by atoms with E-state index in [0.717, 1.165) is 25.1 Å². The number of carbonyl (C=O) groups is 1. The highest BCUT2D eigenvalue weighted by Crippen LogP contribution is 2.31. The van der Waals surface area contributed by atoms with Crippen LogP contribution < -0.4 is 0 Å². The van der Waals surface area contributed by atoms with E-state index in [2.05, 4.69) is 29.8 Å². The van der Waals surface area contributed by atoms with Crippen molar-refractivity contribution in [3.63, 3.8) is 0 Å². The van der Waals surface area contributed by atoms with Crippen LogP contribution >= 0.6 is 15.9 Å². The van der Waals surface area contributed by atoms with E-state index in [1.165, 1.54) is 0 Å². The standard InChI is InChI=1S/C12H16BrNO2/c1-8-6-9(13)16-10(8)11(15)14-5-4-12(2,3)7-14/h6H,4-5,7H2,1-3H3. The van der Waals surface area contributed by atoms with Crippen molar-refractivity contribution in [2.75, 3.05) is 13.1 Å². The molecule has 1 aliphatic rings. The van der Waals surface area contributed by atoms with Crippen LogP contribution in [0.3, 0.4) is 0 Å². The summed E-state index contributed by atoms with van der Waals surface area (Å²) in [5, 5.41) is 0. The number of nitrogens with zero attached hydrogens (tertiary/aromatic N) is 1. The van der Waals surface area contributed by atoms with Gasteiger partial charge in [0.2, 0.25) is 0 Å². The minimum Gasteiger partial charge on any atom is -0.444 e. The molecule has 0 unspecified atom stereocenters. The lowest BCUT2D eigenvalue weighted by Gasteiger charge is -2.19. The van der Waals surface area contributed by atoms with Gasteiger partial charge in [0.1, 0.15) is 0 Å². The van der Waals surface area contributed by atoms with Crippen LogP contribution in [0.4, 0.5) is 0 Å². The number of furan rings is 1. The fourth-order valence-electron chi connectivity index (χ4n) is 2.08. The lowest BCUT2D eigenvalue weighted by molar-refractivity contribution is 0.0744. The molecule has 1 amide bonds. The summed E-state index contributed by atoms with van der Waals surface area (Å²) in [4.78, 5) is 14.1. The molecule has 2 rings (SSSR count). The molecule has 16 heavy (non-hydrogen) atoms. The molecular formula is C12H16BrNO2. The Morgan fingerprint density at radius 1 is 1.56 bits per heavy atom. The maximum atomic E-state index is 12.2. The van der Waals surface area contributed by atoms with Gasteiger partial charge in [0.15, 0.2) is 10.4 Å². The van der Waals surface area contributed by atoms with Gasteiger partial charge < -0.3 is 9.32 Å². The van der Waals surface area contributed by atoms with Gasteiger partial charge in [-0.15, -0.1) is 0 Å². The van der Waals surface area contributed by atoms with Crippen LogP contribution in [0.1, 0.15) is 36.4 Å². The molecule has 2 heterocycles. The van der Waals surface area contributed by atoms with E-state index in [4.69, 9.17) is 4.42 Å². The third-order valence-electron chi connectivity index (χ3n) is 3.05. The number of likely N-dealkylation sites (tertiary alicyclic amines) is 1. The van der Waals surface area contributed by atoms with Gasteiger partial charge in [-0.2, -0.15) is 0 Å². The normalized spacial score (nSPS) is 19.1. The summed E-state index contributed by atoms with van der Waals surface area (Å²) >= 11 is 3.24. The van der Waals surface area contributed by atoms with Crippen molar-refractivity contribution in [3.8, 4) is 0 Å². The van der Waals surface area contributed by atoms with E-state index in [-0.39, 0.29) is 11.3 Å². The number of rotatable bonds is 1. The van der Waals surface area contributed by atoms with Crippen molar-refractivity contribution in [2.24, 2.45) is 5.41 Å². The molecule has 88 valence electrons. The predicted octanol–water partition coefficient (Wildman–Crippen LogP) is 3.22. The Morgan fingerprint density at radius 3 is 2.69 bits per heavy atom. The van der Waals surface area contributed by atoms with Crippen LogP contribution in [0, 0.1) is 12.3 Å². The van der Waals surface area contributed by atoms with Crippen LogP contribution in [0.5, 0.6) is 0 Å². The summed E-state index contributed by atoms with van der Waals surface area (Å²) in [5.41, 5.74) is 1.12. The number of hydrogen-bond donors (Lipinski definition) is 0. The van der Waals surface area contributed by atoms with Crippen LogP contribution in [0.15, 0.2) is 15.2 Å². The first-order valence-corrected chi connectivity index (χ1v) is 6.23. The first-order valence-electron chi connectivity index (χ1n) is 5.44. The summed E-state index contributed by atoms with van der Waals surface area (Å²) < 4.78 is 6.00. The SMILES string of the molecule is Cc1cc(Br)oc1C(=O)N1CCC(C)(C)C1. The van der Waals surface area contributed by atoms with Crippen LogP contribution in [0.25, 0.3) is 0 Å². The topological polar surface area (TPSA) is 33.5 Å². The Hall–Kier alpha value is -0.770.